The third kappa shape index (κ3) is 3.96. The molecule has 0 aliphatic rings. The van der Waals surface area contributed by atoms with Crippen LogP contribution >= 0.6 is 15.9 Å². The molecule has 6 heteroatoms. The first-order chi connectivity index (χ1) is 7.93. The quantitative estimate of drug-likeness (QED) is 0.850. The largest absolute Gasteiger partial charge is 0.481 e. The van der Waals surface area contributed by atoms with E-state index >= 15 is 0 Å². The van der Waals surface area contributed by atoms with Gasteiger partial charge in [-0.2, -0.15) is 8.78 Å². The van der Waals surface area contributed by atoms with Gasteiger partial charge in [0.1, 0.15) is 5.75 Å². The van der Waals surface area contributed by atoms with Gasteiger partial charge in [-0.3, -0.25) is 4.79 Å². The van der Waals surface area contributed by atoms with Crippen LogP contribution in [0.4, 0.5) is 8.78 Å². The van der Waals surface area contributed by atoms with E-state index in [-0.39, 0.29) is 12.2 Å². The van der Waals surface area contributed by atoms with E-state index in [4.69, 9.17) is 5.11 Å². The van der Waals surface area contributed by atoms with E-state index in [1.54, 1.807) is 13.0 Å². The summed E-state index contributed by atoms with van der Waals surface area (Å²) in [5.41, 5.74) is 1.72. The van der Waals surface area contributed by atoms with Gasteiger partial charge in [0.2, 0.25) is 0 Å². The third-order valence-corrected chi connectivity index (χ3v) is 2.80. The smallest absolute Gasteiger partial charge is 0.387 e. The number of rotatable bonds is 5. The molecule has 0 amide bonds. The molecule has 0 unspecified atom stereocenters. The van der Waals surface area contributed by atoms with Gasteiger partial charge in [-0.25, -0.2) is 0 Å². The topological polar surface area (TPSA) is 46.5 Å². The van der Waals surface area contributed by atoms with E-state index < -0.39 is 12.6 Å². The fourth-order valence-electron chi connectivity index (χ4n) is 1.46. The summed E-state index contributed by atoms with van der Waals surface area (Å²) < 4.78 is 28.6. The van der Waals surface area contributed by atoms with Gasteiger partial charge in [0.15, 0.2) is 0 Å². The zero-order valence-corrected chi connectivity index (χ0v) is 10.6. The number of aliphatic carboxylic acids is 1. The molecule has 1 aromatic rings. The fraction of sp³-hybridized carbons (Fsp3) is 0.364. The molecule has 94 valence electrons. The van der Waals surface area contributed by atoms with E-state index in [1.807, 2.05) is 0 Å². The second-order valence-corrected chi connectivity index (χ2v) is 4.03. The van der Waals surface area contributed by atoms with Crippen molar-refractivity contribution in [1.29, 1.82) is 0 Å². The highest BCUT2D eigenvalue weighted by Crippen LogP contribution is 2.26. The van der Waals surface area contributed by atoms with Gasteiger partial charge < -0.3 is 9.84 Å². The maximum Gasteiger partial charge on any atom is 0.387 e. The highest BCUT2D eigenvalue weighted by atomic mass is 79.9. The molecule has 1 aromatic carbocycles. The number of ether oxygens (including phenoxy) is 1. The molecule has 0 heterocycles. The van der Waals surface area contributed by atoms with Crippen molar-refractivity contribution in [2.24, 2.45) is 0 Å². The average Bonchev–Trinajstić information content (AvgIpc) is 2.20. The maximum absolute atomic E-state index is 12.1. The highest BCUT2D eigenvalue weighted by molar-refractivity contribution is 9.08. The van der Waals surface area contributed by atoms with Crippen LogP contribution in [0.5, 0.6) is 5.75 Å². The van der Waals surface area contributed by atoms with Crippen LogP contribution in [0.15, 0.2) is 12.1 Å². The molecule has 1 rings (SSSR count). The summed E-state index contributed by atoms with van der Waals surface area (Å²) in [6.45, 7) is -1.29. The Balaban J connectivity index is 3.10. The first-order valence-electron chi connectivity index (χ1n) is 4.79. The Morgan fingerprint density at radius 2 is 2.12 bits per heavy atom. The lowest BCUT2D eigenvalue weighted by molar-refractivity contribution is -0.136. The van der Waals surface area contributed by atoms with Gasteiger partial charge in [-0.05, 0) is 29.7 Å². The monoisotopic (exact) mass is 308 g/mol. The first-order valence-corrected chi connectivity index (χ1v) is 5.91. The number of benzene rings is 1. The molecule has 0 fully saturated rings. The number of carboxylic acids is 1. The van der Waals surface area contributed by atoms with Gasteiger partial charge in [0.05, 0.1) is 6.42 Å². The van der Waals surface area contributed by atoms with Crippen LogP contribution < -0.4 is 4.74 Å². The molecular formula is C11H11BrF2O3. The number of hydrogen-bond donors (Lipinski definition) is 1. The van der Waals surface area contributed by atoms with Crippen LogP contribution in [0.25, 0.3) is 0 Å². The van der Waals surface area contributed by atoms with E-state index in [9.17, 15) is 13.6 Å². The van der Waals surface area contributed by atoms with Gasteiger partial charge >= 0.3 is 12.6 Å². The van der Waals surface area contributed by atoms with Crippen LogP contribution in [0.1, 0.15) is 16.7 Å². The minimum atomic E-state index is -2.89. The molecule has 0 bridgehead atoms. The van der Waals surface area contributed by atoms with Gasteiger partial charge in [-0.15, -0.1) is 0 Å². The molecule has 17 heavy (non-hydrogen) atoms. The number of alkyl halides is 3. The predicted octanol–water partition coefficient (Wildman–Crippen LogP) is 3.12. The summed E-state index contributed by atoms with van der Waals surface area (Å²) in [6, 6.07) is 3.00. The molecule has 3 nitrogen and oxygen atoms in total. The average molecular weight is 309 g/mol. The lowest BCUT2D eigenvalue weighted by Gasteiger charge is -2.12. The number of carboxylic acid groups (broad SMARTS) is 1. The van der Waals surface area contributed by atoms with Gasteiger partial charge in [-0.1, -0.05) is 22.0 Å². The lowest BCUT2D eigenvalue weighted by Crippen LogP contribution is -2.07. The minimum Gasteiger partial charge on any atom is -0.481 e. The summed E-state index contributed by atoms with van der Waals surface area (Å²) in [5, 5.41) is 9.11. The van der Waals surface area contributed by atoms with Crippen LogP contribution in [0, 0.1) is 6.92 Å². The molecule has 0 radical (unpaired) electrons. The second-order valence-electron chi connectivity index (χ2n) is 3.47. The standard InChI is InChI=1S/C11H11BrF2O3/c1-6-2-7(4-10(15)16)8(5-12)3-9(6)17-11(13)14/h2-3,11H,4-5H2,1H3,(H,15,16). The predicted molar refractivity (Wildman–Crippen MR) is 61.8 cm³/mol. The Morgan fingerprint density at radius 3 is 2.59 bits per heavy atom. The Labute approximate surface area is 106 Å². The Kier molecular flexibility index (Phi) is 4.86. The van der Waals surface area contributed by atoms with Crippen molar-refractivity contribution in [1.82, 2.24) is 0 Å². The molecule has 0 saturated carbocycles. The second kappa shape index (κ2) is 5.95. The molecule has 0 aliphatic heterocycles. The number of hydrogen-bond acceptors (Lipinski definition) is 2. The zero-order chi connectivity index (χ0) is 13.0. The summed E-state index contributed by atoms with van der Waals surface area (Å²) >= 11 is 3.19. The van der Waals surface area contributed by atoms with Crippen LogP contribution in [0.2, 0.25) is 0 Å². The molecular weight excluding hydrogens is 298 g/mol. The molecule has 0 aliphatic carbocycles. The van der Waals surface area contributed by atoms with Crippen molar-refractivity contribution < 1.29 is 23.4 Å². The number of halogens is 3. The van der Waals surface area contributed by atoms with Gasteiger partial charge in [0, 0.05) is 5.33 Å². The van der Waals surface area contributed by atoms with E-state index in [0.717, 1.165) is 0 Å². The van der Waals surface area contributed by atoms with Crippen LogP contribution in [0.3, 0.4) is 0 Å². The van der Waals surface area contributed by atoms with E-state index in [0.29, 0.717) is 22.0 Å². The number of aryl methyl sites for hydroxylation is 1. The minimum absolute atomic E-state index is 0.0728. The fourth-order valence-corrected chi connectivity index (χ4v) is 1.99. The Morgan fingerprint density at radius 1 is 1.47 bits per heavy atom. The zero-order valence-electron chi connectivity index (χ0n) is 9.04. The Hall–Kier alpha value is -1.17. The number of carbonyl (C=O) groups is 1. The Bertz CT molecular complexity index is 421. The van der Waals surface area contributed by atoms with Crippen molar-refractivity contribution in [2.75, 3.05) is 0 Å². The maximum atomic E-state index is 12.1. The summed E-state index contributed by atoms with van der Waals surface area (Å²) in [4.78, 5) is 10.6. The molecule has 1 N–H and O–H groups in total. The SMILES string of the molecule is Cc1cc(CC(=O)O)c(CBr)cc1OC(F)F. The summed E-state index contributed by atoms with van der Waals surface area (Å²) in [6.07, 6.45) is -0.142. The lowest BCUT2D eigenvalue weighted by atomic mass is 10.0. The third-order valence-electron chi connectivity index (χ3n) is 2.20. The molecule has 0 aromatic heterocycles. The molecule has 0 saturated heterocycles. The van der Waals surface area contributed by atoms with E-state index in [1.165, 1.54) is 6.07 Å². The van der Waals surface area contributed by atoms with Crippen LogP contribution in [-0.4, -0.2) is 17.7 Å². The summed E-state index contributed by atoms with van der Waals surface area (Å²) in [5.74, 6) is -0.891. The van der Waals surface area contributed by atoms with Crippen molar-refractivity contribution >= 4 is 21.9 Å². The molecule has 0 spiro atoms. The van der Waals surface area contributed by atoms with Crippen molar-refractivity contribution in [3.8, 4) is 5.75 Å². The normalized spacial score (nSPS) is 10.6. The van der Waals surface area contributed by atoms with Crippen molar-refractivity contribution in [2.45, 2.75) is 25.3 Å². The summed E-state index contributed by atoms with van der Waals surface area (Å²) in [7, 11) is 0. The van der Waals surface area contributed by atoms with Crippen LogP contribution in [-0.2, 0) is 16.5 Å². The van der Waals surface area contributed by atoms with Gasteiger partial charge in [0.25, 0.3) is 0 Å². The van der Waals surface area contributed by atoms with Crippen molar-refractivity contribution in [3.05, 3.63) is 28.8 Å². The highest BCUT2D eigenvalue weighted by Gasteiger charge is 2.13. The molecule has 0 atom stereocenters. The van der Waals surface area contributed by atoms with E-state index in [2.05, 4.69) is 20.7 Å². The first kappa shape index (κ1) is 13.9. The van der Waals surface area contributed by atoms with Crippen molar-refractivity contribution in [3.63, 3.8) is 0 Å².